The second-order valence-electron chi connectivity index (χ2n) is 8.66. The molecule has 1 aromatic heterocycles. The van der Waals surface area contributed by atoms with Crippen LogP contribution in [0.25, 0.3) is 33.2 Å². The molecule has 4 aromatic rings. The summed E-state index contributed by atoms with van der Waals surface area (Å²) < 4.78 is 5.94. The molecule has 0 saturated heterocycles. The summed E-state index contributed by atoms with van der Waals surface area (Å²) in [6.07, 6.45) is 0. The number of fused-ring (bicyclic) bond motifs is 6. The SMILES string of the molecule is CC1(C)C(=O)c2ccccc2-c2c1nc(-c1cccc3ccccc13)c1c2COC1. The largest absolute Gasteiger partial charge is 0.372 e. The van der Waals surface area contributed by atoms with Crippen molar-refractivity contribution in [3.63, 3.8) is 0 Å². The fraction of sp³-hybridized carbons (Fsp3) is 0.185. The van der Waals surface area contributed by atoms with Crippen LogP contribution in [-0.4, -0.2) is 10.8 Å². The molecule has 0 atom stereocenters. The van der Waals surface area contributed by atoms with Crippen molar-refractivity contribution in [1.82, 2.24) is 4.98 Å². The highest BCUT2D eigenvalue weighted by Gasteiger charge is 2.43. The molecule has 6 rings (SSSR count). The van der Waals surface area contributed by atoms with E-state index in [1.807, 2.05) is 38.1 Å². The first-order valence-electron chi connectivity index (χ1n) is 10.3. The number of carbonyl (C=O) groups is 1. The van der Waals surface area contributed by atoms with Crippen LogP contribution in [-0.2, 0) is 23.4 Å². The summed E-state index contributed by atoms with van der Waals surface area (Å²) in [7, 11) is 0. The van der Waals surface area contributed by atoms with Gasteiger partial charge < -0.3 is 4.74 Å². The highest BCUT2D eigenvalue weighted by atomic mass is 16.5. The lowest BCUT2D eigenvalue weighted by molar-refractivity contribution is 0.0903. The maximum atomic E-state index is 13.4. The van der Waals surface area contributed by atoms with Gasteiger partial charge in [-0.3, -0.25) is 9.78 Å². The minimum absolute atomic E-state index is 0.126. The molecular formula is C27H21NO2. The number of aromatic nitrogens is 1. The van der Waals surface area contributed by atoms with Gasteiger partial charge in [-0.15, -0.1) is 0 Å². The summed E-state index contributed by atoms with van der Waals surface area (Å²) in [5, 5.41) is 2.35. The molecule has 0 bridgehead atoms. The minimum Gasteiger partial charge on any atom is -0.372 e. The molecule has 2 aliphatic rings. The minimum atomic E-state index is -0.694. The van der Waals surface area contributed by atoms with Gasteiger partial charge in [-0.25, -0.2) is 0 Å². The summed E-state index contributed by atoms with van der Waals surface area (Å²) in [5.74, 6) is 0.126. The average molecular weight is 391 g/mol. The monoisotopic (exact) mass is 391 g/mol. The molecule has 3 nitrogen and oxygen atoms in total. The molecule has 0 saturated carbocycles. The fourth-order valence-corrected chi connectivity index (χ4v) is 4.98. The van der Waals surface area contributed by atoms with Gasteiger partial charge in [0.05, 0.1) is 30.0 Å². The van der Waals surface area contributed by atoms with Gasteiger partial charge in [0.1, 0.15) is 0 Å². The highest BCUT2D eigenvalue weighted by Crippen LogP contribution is 2.48. The third kappa shape index (κ3) is 2.24. The van der Waals surface area contributed by atoms with Crippen molar-refractivity contribution in [2.75, 3.05) is 0 Å². The van der Waals surface area contributed by atoms with E-state index in [4.69, 9.17) is 9.72 Å². The molecule has 2 heterocycles. The molecule has 0 N–H and O–H groups in total. The molecule has 146 valence electrons. The smallest absolute Gasteiger partial charge is 0.175 e. The van der Waals surface area contributed by atoms with Gasteiger partial charge in [-0.05, 0) is 35.7 Å². The first-order valence-corrected chi connectivity index (χ1v) is 10.3. The Balaban J connectivity index is 1.74. The van der Waals surface area contributed by atoms with Crippen LogP contribution >= 0.6 is 0 Å². The van der Waals surface area contributed by atoms with Crippen molar-refractivity contribution in [2.45, 2.75) is 32.5 Å². The van der Waals surface area contributed by atoms with Gasteiger partial charge in [0, 0.05) is 22.3 Å². The van der Waals surface area contributed by atoms with Gasteiger partial charge >= 0.3 is 0 Å². The van der Waals surface area contributed by atoms with Crippen LogP contribution in [0, 0.1) is 0 Å². The Bertz CT molecular complexity index is 1360. The van der Waals surface area contributed by atoms with Crippen molar-refractivity contribution >= 4 is 16.6 Å². The molecule has 0 amide bonds. The van der Waals surface area contributed by atoms with Gasteiger partial charge in [0.15, 0.2) is 5.78 Å². The third-order valence-corrected chi connectivity index (χ3v) is 6.55. The van der Waals surface area contributed by atoms with Crippen LogP contribution in [0.5, 0.6) is 0 Å². The second-order valence-corrected chi connectivity index (χ2v) is 8.66. The first kappa shape index (κ1) is 17.5. The van der Waals surface area contributed by atoms with Gasteiger partial charge in [-0.1, -0.05) is 66.7 Å². The predicted octanol–water partition coefficient (Wildman–Crippen LogP) is 6.07. The van der Waals surface area contributed by atoms with Crippen molar-refractivity contribution < 1.29 is 9.53 Å². The lowest BCUT2D eigenvalue weighted by atomic mass is 9.70. The Kier molecular flexibility index (Phi) is 3.57. The van der Waals surface area contributed by atoms with Gasteiger partial charge in [0.25, 0.3) is 0 Å². The lowest BCUT2D eigenvalue weighted by Crippen LogP contribution is -2.35. The molecule has 1 aliphatic heterocycles. The highest BCUT2D eigenvalue weighted by molar-refractivity contribution is 6.12. The van der Waals surface area contributed by atoms with Crippen LogP contribution < -0.4 is 0 Å². The first-order chi connectivity index (χ1) is 14.6. The Morgan fingerprint density at radius 1 is 0.800 bits per heavy atom. The van der Waals surface area contributed by atoms with E-state index in [0.29, 0.717) is 13.2 Å². The molecule has 0 spiro atoms. The molecule has 1 aliphatic carbocycles. The van der Waals surface area contributed by atoms with Crippen LogP contribution in [0.3, 0.4) is 0 Å². The number of pyridine rings is 1. The number of hydrogen-bond donors (Lipinski definition) is 0. The fourth-order valence-electron chi connectivity index (χ4n) is 4.98. The van der Waals surface area contributed by atoms with Crippen LogP contribution in [0.2, 0.25) is 0 Å². The molecule has 3 aromatic carbocycles. The van der Waals surface area contributed by atoms with E-state index in [1.54, 1.807) is 0 Å². The second kappa shape index (κ2) is 6.10. The summed E-state index contributed by atoms with van der Waals surface area (Å²) in [4.78, 5) is 18.6. The standard InChI is InChI=1S/C27H21NO2/c1-27(2)25-23(18-11-5-6-12-20(18)26(27)29)21-14-30-15-22(21)24(28-25)19-13-7-9-16-8-3-4-10-17(16)19/h3-13H,14-15H2,1-2H3. The van der Waals surface area contributed by atoms with Gasteiger partial charge in [0.2, 0.25) is 0 Å². The maximum Gasteiger partial charge on any atom is 0.175 e. The number of hydrogen-bond acceptors (Lipinski definition) is 3. The number of Topliss-reactive ketones (excluding diaryl/α,β-unsaturated/α-hetero) is 1. The molecule has 30 heavy (non-hydrogen) atoms. The zero-order valence-electron chi connectivity index (χ0n) is 17.0. The number of ketones is 1. The van der Waals surface area contributed by atoms with Crippen LogP contribution in [0.15, 0.2) is 66.7 Å². The molecule has 0 radical (unpaired) electrons. The molecular weight excluding hydrogens is 370 g/mol. The normalized spacial score (nSPS) is 16.3. The lowest BCUT2D eigenvalue weighted by Gasteiger charge is -2.33. The molecule has 3 heteroatoms. The van der Waals surface area contributed by atoms with Crippen molar-refractivity contribution in [2.24, 2.45) is 0 Å². The Hall–Kier alpha value is -3.30. The van der Waals surface area contributed by atoms with Crippen LogP contribution in [0.4, 0.5) is 0 Å². The van der Waals surface area contributed by atoms with E-state index in [1.165, 1.54) is 16.3 Å². The van der Waals surface area contributed by atoms with E-state index < -0.39 is 5.41 Å². The van der Waals surface area contributed by atoms with E-state index in [-0.39, 0.29) is 5.78 Å². The summed E-state index contributed by atoms with van der Waals surface area (Å²) >= 11 is 0. The molecule has 0 unspecified atom stereocenters. The number of nitrogens with zero attached hydrogens (tertiary/aromatic N) is 1. The molecule has 0 fully saturated rings. The topological polar surface area (TPSA) is 39.2 Å². The van der Waals surface area contributed by atoms with Crippen molar-refractivity contribution in [1.29, 1.82) is 0 Å². The van der Waals surface area contributed by atoms with E-state index >= 15 is 0 Å². The summed E-state index contributed by atoms with van der Waals surface area (Å²) in [6, 6.07) is 22.6. The zero-order valence-corrected chi connectivity index (χ0v) is 17.0. The van der Waals surface area contributed by atoms with Crippen molar-refractivity contribution in [3.05, 3.63) is 89.1 Å². The number of ether oxygens (including phenoxy) is 1. The zero-order chi connectivity index (χ0) is 20.5. The summed E-state index contributed by atoms with van der Waals surface area (Å²) in [5.41, 5.74) is 7.38. The Morgan fingerprint density at radius 3 is 2.33 bits per heavy atom. The summed E-state index contributed by atoms with van der Waals surface area (Å²) in [6.45, 7) is 5.08. The van der Waals surface area contributed by atoms with E-state index in [2.05, 4.69) is 42.5 Å². The quantitative estimate of drug-likeness (QED) is 0.395. The van der Waals surface area contributed by atoms with E-state index in [9.17, 15) is 4.79 Å². The Morgan fingerprint density at radius 2 is 1.47 bits per heavy atom. The van der Waals surface area contributed by atoms with Crippen molar-refractivity contribution in [3.8, 4) is 22.4 Å². The third-order valence-electron chi connectivity index (χ3n) is 6.55. The number of carbonyl (C=O) groups excluding carboxylic acids is 1. The predicted molar refractivity (Wildman–Crippen MR) is 118 cm³/mol. The maximum absolute atomic E-state index is 13.4. The Labute approximate surface area is 175 Å². The van der Waals surface area contributed by atoms with E-state index in [0.717, 1.165) is 39.2 Å². The van der Waals surface area contributed by atoms with Crippen LogP contribution in [0.1, 0.15) is 41.0 Å². The average Bonchev–Trinajstić information content (AvgIpc) is 3.26. The number of rotatable bonds is 1. The van der Waals surface area contributed by atoms with Gasteiger partial charge in [-0.2, -0.15) is 0 Å². The number of benzene rings is 3.